The van der Waals surface area contributed by atoms with Gasteiger partial charge in [0.25, 0.3) is 0 Å². The highest BCUT2D eigenvalue weighted by atomic mass is 16.3. The van der Waals surface area contributed by atoms with Crippen molar-refractivity contribution in [2.45, 2.75) is 31.8 Å². The maximum Gasteiger partial charge on any atom is 0.115 e. The van der Waals surface area contributed by atoms with Crippen molar-refractivity contribution in [2.24, 2.45) is 0 Å². The summed E-state index contributed by atoms with van der Waals surface area (Å²) in [5.74, 6) is 0.342. The number of aromatic hydroxyl groups is 1. The van der Waals surface area contributed by atoms with E-state index in [4.69, 9.17) is 0 Å². The van der Waals surface area contributed by atoms with Crippen molar-refractivity contribution >= 4 is 0 Å². The van der Waals surface area contributed by atoms with Crippen LogP contribution in [-0.2, 0) is 13.0 Å². The lowest BCUT2D eigenvalue weighted by Crippen LogP contribution is -2.25. The van der Waals surface area contributed by atoms with Crippen molar-refractivity contribution in [2.75, 3.05) is 0 Å². The first-order chi connectivity index (χ1) is 9.33. The van der Waals surface area contributed by atoms with Crippen LogP contribution in [0.1, 0.15) is 35.7 Å². The fourth-order valence-electron chi connectivity index (χ4n) is 2.65. The number of phenolic OH excluding ortho intramolecular Hbond substituents is 1. The molecule has 4 nitrogen and oxygen atoms in total. The van der Waals surface area contributed by atoms with Gasteiger partial charge in [0, 0.05) is 18.8 Å². The van der Waals surface area contributed by atoms with Gasteiger partial charge in [-0.2, -0.15) is 0 Å². The Morgan fingerprint density at radius 2 is 2.26 bits per heavy atom. The van der Waals surface area contributed by atoms with E-state index in [1.165, 1.54) is 17.5 Å². The van der Waals surface area contributed by atoms with Crippen LogP contribution in [0.4, 0.5) is 0 Å². The van der Waals surface area contributed by atoms with E-state index >= 15 is 0 Å². The number of aryl methyl sites for hydroxylation is 1. The van der Waals surface area contributed by atoms with Crippen molar-refractivity contribution < 1.29 is 5.11 Å². The molecule has 1 aliphatic carbocycles. The van der Waals surface area contributed by atoms with Crippen molar-refractivity contribution in [3.05, 3.63) is 53.6 Å². The predicted octanol–water partition coefficient (Wildman–Crippen LogP) is 2.35. The Labute approximate surface area is 112 Å². The Kier molecular flexibility index (Phi) is 3.42. The van der Waals surface area contributed by atoms with Gasteiger partial charge in [-0.05, 0) is 48.6 Å². The van der Waals surface area contributed by atoms with Crippen molar-refractivity contribution in [3.8, 4) is 5.75 Å². The molecule has 98 valence electrons. The molecule has 1 aromatic carbocycles. The summed E-state index contributed by atoms with van der Waals surface area (Å²) in [6.45, 7) is 0.724. The number of hydrogen-bond donors (Lipinski definition) is 2. The molecule has 1 aromatic heterocycles. The number of fused-ring (bicyclic) bond motifs is 1. The second-order valence-electron chi connectivity index (χ2n) is 4.91. The monoisotopic (exact) mass is 255 g/mol. The Balaban J connectivity index is 1.75. The summed E-state index contributed by atoms with van der Waals surface area (Å²) in [4.78, 5) is 8.13. The van der Waals surface area contributed by atoms with E-state index in [2.05, 4.69) is 15.3 Å². The van der Waals surface area contributed by atoms with Gasteiger partial charge in [0.05, 0.1) is 5.69 Å². The lowest BCUT2D eigenvalue weighted by Gasteiger charge is -2.26. The smallest absolute Gasteiger partial charge is 0.115 e. The molecule has 2 N–H and O–H groups in total. The number of benzene rings is 1. The number of nitrogens with one attached hydrogen (secondary N) is 1. The molecule has 3 rings (SSSR count). The molecule has 0 fully saturated rings. The molecule has 0 saturated heterocycles. The molecule has 1 heterocycles. The summed E-state index contributed by atoms with van der Waals surface area (Å²) < 4.78 is 0. The van der Waals surface area contributed by atoms with E-state index in [0.29, 0.717) is 11.8 Å². The third kappa shape index (κ3) is 2.74. The quantitative estimate of drug-likeness (QED) is 0.884. The minimum atomic E-state index is 0.297. The molecule has 0 aliphatic heterocycles. The Hall–Kier alpha value is -1.94. The number of hydrogen-bond acceptors (Lipinski definition) is 4. The average molecular weight is 255 g/mol. The number of rotatable bonds is 3. The first kappa shape index (κ1) is 12.1. The van der Waals surface area contributed by atoms with Crippen LogP contribution >= 0.6 is 0 Å². The molecule has 4 heteroatoms. The summed E-state index contributed by atoms with van der Waals surface area (Å²) in [5, 5.41) is 13.2. The van der Waals surface area contributed by atoms with Crippen LogP contribution in [0, 0.1) is 0 Å². The van der Waals surface area contributed by atoms with Crippen LogP contribution in [0.2, 0.25) is 0 Å². The van der Waals surface area contributed by atoms with Crippen molar-refractivity contribution in [1.82, 2.24) is 15.3 Å². The minimum absolute atomic E-state index is 0.297. The third-order valence-corrected chi connectivity index (χ3v) is 3.62. The van der Waals surface area contributed by atoms with Gasteiger partial charge in [-0.1, -0.05) is 6.07 Å². The molecule has 0 saturated carbocycles. The van der Waals surface area contributed by atoms with Gasteiger partial charge in [0.1, 0.15) is 12.1 Å². The highest BCUT2D eigenvalue weighted by molar-refractivity contribution is 5.38. The Bertz CT molecular complexity index is 557. The van der Waals surface area contributed by atoms with Gasteiger partial charge in [0.2, 0.25) is 0 Å². The van der Waals surface area contributed by atoms with E-state index in [9.17, 15) is 5.11 Å². The van der Waals surface area contributed by atoms with Crippen LogP contribution in [0.5, 0.6) is 5.75 Å². The van der Waals surface area contributed by atoms with Gasteiger partial charge >= 0.3 is 0 Å². The number of aromatic nitrogens is 2. The fraction of sp³-hybridized carbons (Fsp3) is 0.333. The lowest BCUT2D eigenvalue weighted by molar-refractivity contribution is 0.444. The van der Waals surface area contributed by atoms with E-state index < -0.39 is 0 Å². The fourth-order valence-corrected chi connectivity index (χ4v) is 2.65. The molecule has 0 radical (unpaired) electrons. The molecule has 2 aromatic rings. The topological polar surface area (TPSA) is 58.0 Å². The average Bonchev–Trinajstić information content (AvgIpc) is 2.46. The van der Waals surface area contributed by atoms with Crippen molar-refractivity contribution in [1.29, 1.82) is 0 Å². The van der Waals surface area contributed by atoms with Crippen LogP contribution in [0.15, 0.2) is 36.8 Å². The van der Waals surface area contributed by atoms with Crippen LogP contribution in [-0.4, -0.2) is 15.1 Å². The van der Waals surface area contributed by atoms with Gasteiger partial charge in [-0.3, -0.25) is 0 Å². The summed E-state index contributed by atoms with van der Waals surface area (Å²) in [5.41, 5.74) is 3.55. The molecule has 0 spiro atoms. The largest absolute Gasteiger partial charge is 0.508 e. The van der Waals surface area contributed by atoms with Gasteiger partial charge in [-0.15, -0.1) is 0 Å². The molecule has 1 atom stereocenters. The zero-order valence-corrected chi connectivity index (χ0v) is 10.7. The normalized spacial score (nSPS) is 18.0. The summed E-state index contributed by atoms with van der Waals surface area (Å²) in [6, 6.07) is 7.89. The first-order valence-electron chi connectivity index (χ1n) is 6.63. The molecule has 0 bridgehead atoms. The minimum Gasteiger partial charge on any atom is -0.508 e. The third-order valence-electron chi connectivity index (χ3n) is 3.62. The Morgan fingerprint density at radius 1 is 1.32 bits per heavy atom. The molecule has 19 heavy (non-hydrogen) atoms. The predicted molar refractivity (Wildman–Crippen MR) is 72.7 cm³/mol. The van der Waals surface area contributed by atoms with E-state index in [1.54, 1.807) is 18.6 Å². The molecule has 0 amide bonds. The second kappa shape index (κ2) is 5.36. The summed E-state index contributed by atoms with van der Waals surface area (Å²) in [7, 11) is 0. The molecule has 1 unspecified atom stereocenters. The molecule has 1 aliphatic rings. The summed E-state index contributed by atoms with van der Waals surface area (Å²) in [6.07, 6.45) is 6.70. The van der Waals surface area contributed by atoms with E-state index in [1.807, 2.05) is 18.2 Å². The zero-order valence-electron chi connectivity index (χ0n) is 10.7. The molecular formula is C15H17N3O. The SMILES string of the molecule is Oc1ccc2c(c1)C(NCc1ccncn1)CCC2. The zero-order chi connectivity index (χ0) is 13.1. The summed E-state index contributed by atoms with van der Waals surface area (Å²) >= 11 is 0. The maximum absolute atomic E-state index is 9.64. The van der Waals surface area contributed by atoms with E-state index in [0.717, 1.165) is 25.1 Å². The van der Waals surface area contributed by atoms with Gasteiger partial charge in [0.15, 0.2) is 0 Å². The van der Waals surface area contributed by atoms with Crippen LogP contribution < -0.4 is 5.32 Å². The second-order valence-corrected chi connectivity index (χ2v) is 4.91. The van der Waals surface area contributed by atoms with E-state index in [-0.39, 0.29) is 0 Å². The highest BCUT2D eigenvalue weighted by Gasteiger charge is 2.20. The van der Waals surface area contributed by atoms with Crippen LogP contribution in [0.3, 0.4) is 0 Å². The standard InChI is InChI=1S/C15H17N3O/c19-13-5-4-11-2-1-3-15(14(11)8-13)17-9-12-6-7-16-10-18-12/h4-8,10,15,17,19H,1-3,9H2. The Morgan fingerprint density at radius 3 is 3.11 bits per heavy atom. The number of nitrogens with zero attached hydrogens (tertiary/aromatic N) is 2. The lowest BCUT2D eigenvalue weighted by atomic mass is 9.87. The first-order valence-corrected chi connectivity index (χ1v) is 6.63. The van der Waals surface area contributed by atoms with Crippen molar-refractivity contribution in [3.63, 3.8) is 0 Å². The van der Waals surface area contributed by atoms with Gasteiger partial charge < -0.3 is 10.4 Å². The number of phenols is 1. The molecular weight excluding hydrogens is 238 g/mol. The van der Waals surface area contributed by atoms with Crippen LogP contribution in [0.25, 0.3) is 0 Å². The van der Waals surface area contributed by atoms with Gasteiger partial charge in [-0.25, -0.2) is 9.97 Å². The highest BCUT2D eigenvalue weighted by Crippen LogP contribution is 2.32. The maximum atomic E-state index is 9.64.